The lowest BCUT2D eigenvalue weighted by Gasteiger charge is -2.27. The number of carbonyl (C=O) groups is 1. The van der Waals surface area contributed by atoms with Gasteiger partial charge in [-0.1, -0.05) is 18.9 Å². The van der Waals surface area contributed by atoms with Gasteiger partial charge in [0.15, 0.2) is 0 Å². The molecule has 3 aromatic rings. The molecule has 0 radical (unpaired) electrons. The highest BCUT2D eigenvalue weighted by atomic mass is 32.1. The molecule has 1 aliphatic rings. The first-order valence-electron chi connectivity index (χ1n) is 13.2. The zero-order valence-corrected chi connectivity index (χ0v) is 22.9. The third-order valence-electron chi connectivity index (χ3n) is 6.50. The molecule has 0 saturated heterocycles. The molecule has 2 aromatic carbocycles. The van der Waals surface area contributed by atoms with Gasteiger partial charge >= 0.3 is 5.97 Å². The number of fused-ring (bicyclic) bond motifs is 1. The molecule has 0 aliphatic heterocycles. The molecular formula is C29H34N2O6S. The van der Waals surface area contributed by atoms with Gasteiger partial charge in [-0.3, -0.25) is 0 Å². The summed E-state index contributed by atoms with van der Waals surface area (Å²) >= 11 is 1.47. The second-order valence-corrected chi connectivity index (χ2v) is 10.2. The Hall–Kier alpha value is -3.19. The number of para-hydroxylation sites is 1. The van der Waals surface area contributed by atoms with Gasteiger partial charge in [-0.25, -0.2) is 9.78 Å². The lowest BCUT2D eigenvalue weighted by molar-refractivity contribution is -0.0753. The number of thiazole rings is 1. The highest BCUT2D eigenvalue weighted by Gasteiger charge is 2.30. The topological polar surface area (TPSA) is 111 Å². The minimum atomic E-state index is -1.02. The van der Waals surface area contributed by atoms with Crippen molar-refractivity contribution in [1.29, 1.82) is 5.26 Å². The van der Waals surface area contributed by atoms with Crippen molar-refractivity contribution in [2.75, 3.05) is 19.8 Å². The minimum Gasteiger partial charge on any atom is -0.492 e. The average Bonchev–Trinajstić information content (AvgIpc) is 3.57. The number of esters is 1. The van der Waals surface area contributed by atoms with Crippen LogP contribution >= 0.6 is 11.3 Å². The summed E-state index contributed by atoms with van der Waals surface area (Å²) < 4.78 is 24.0. The molecule has 0 spiro atoms. The minimum absolute atomic E-state index is 0.0511. The summed E-state index contributed by atoms with van der Waals surface area (Å²) in [4.78, 5) is 17.2. The first kappa shape index (κ1) is 27.8. The predicted molar refractivity (Wildman–Crippen MR) is 145 cm³/mol. The van der Waals surface area contributed by atoms with Gasteiger partial charge < -0.3 is 24.1 Å². The highest BCUT2D eigenvalue weighted by molar-refractivity contribution is 7.18. The fourth-order valence-corrected chi connectivity index (χ4v) is 5.81. The molecule has 8 nitrogen and oxygen atoms in total. The molecule has 9 heteroatoms. The Morgan fingerprint density at radius 1 is 1.13 bits per heavy atom. The number of hydrogen-bond donors (Lipinski definition) is 1. The first-order valence-corrected chi connectivity index (χ1v) is 14.0. The molecule has 4 rings (SSSR count). The van der Waals surface area contributed by atoms with Crippen LogP contribution in [0.4, 0.5) is 0 Å². The van der Waals surface area contributed by atoms with E-state index >= 15 is 0 Å². The zero-order valence-electron chi connectivity index (χ0n) is 22.1. The number of carbonyl (C=O) groups excluding carboxylic acids is 1. The zero-order chi connectivity index (χ0) is 27.1. The van der Waals surface area contributed by atoms with Crippen molar-refractivity contribution in [3.8, 4) is 17.6 Å². The number of aromatic nitrogens is 1. The number of nitriles is 1. The Kier molecular flexibility index (Phi) is 9.56. The smallest absolute Gasteiger partial charge is 0.340 e. The number of nitrogens with zero attached hydrogens (tertiary/aromatic N) is 2. The summed E-state index contributed by atoms with van der Waals surface area (Å²) in [5.41, 5.74) is 1.87. The van der Waals surface area contributed by atoms with Gasteiger partial charge in [0.2, 0.25) is 0 Å². The molecule has 38 heavy (non-hydrogen) atoms. The molecule has 1 N–H and O–H groups in total. The predicted octanol–water partition coefficient (Wildman–Crippen LogP) is 5.75. The molecule has 1 saturated carbocycles. The van der Waals surface area contributed by atoms with E-state index in [1.54, 1.807) is 25.1 Å². The van der Waals surface area contributed by atoms with Crippen molar-refractivity contribution in [3.63, 3.8) is 0 Å². The molecule has 1 aliphatic carbocycles. The molecule has 0 amide bonds. The van der Waals surface area contributed by atoms with Crippen molar-refractivity contribution < 1.29 is 28.8 Å². The molecule has 202 valence electrons. The summed E-state index contributed by atoms with van der Waals surface area (Å²) in [7, 11) is 0. The molecule has 1 fully saturated rings. The van der Waals surface area contributed by atoms with Crippen LogP contribution in [0.1, 0.15) is 79.1 Å². The molecule has 0 bridgehead atoms. The first-order chi connectivity index (χ1) is 18.5. The van der Waals surface area contributed by atoms with E-state index in [1.807, 2.05) is 26.0 Å². The maximum Gasteiger partial charge on any atom is 0.340 e. The lowest BCUT2D eigenvalue weighted by Crippen LogP contribution is -2.29. The van der Waals surface area contributed by atoms with Gasteiger partial charge in [-0.15, -0.1) is 11.3 Å². The van der Waals surface area contributed by atoms with Gasteiger partial charge in [0.05, 0.1) is 52.8 Å². The number of hydrogen-bond acceptors (Lipinski definition) is 9. The van der Waals surface area contributed by atoms with Crippen LogP contribution in [0.3, 0.4) is 0 Å². The Balaban J connectivity index is 1.69. The van der Waals surface area contributed by atoms with Gasteiger partial charge in [0.25, 0.3) is 0 Å². The fourth-order valence-electron chi connectivity index (χ4n) is 4.78. The van der Waals surface area contributed by atoms with Crippen LogP contribution in [0.2, 0.25) is 0 Å². The van der Waals surface area contributed by atoms with Gasteiger partial charge in [0.1, 0.15) is 29.2 Å². The highest BCUT2D eigenvalue weighted by Crippen LogP contribution is 2.37. The fraction of sp³-hybridized carbons (Fsp3) is 0.483. The van der Waals surface area contributed by atoms with Crippen molar-refractivity contribution in [1.82, 2.24) is 4.98 Å². The summed E-state index contributed by atoms with van der Waals surface area (Å²) in [6.45, 7) is 6.48. The molecule has 1 heterocycles. The standard InChI is InChI=1S/C29H34N2O6S/c1-4-34-22-14-18(15-23(35-5-2)21(22)17-30)28(32)24(37-19-10-7-8-11-19)16-26-31-27-20(29(33)36-6-3)12-9-13-25(27)38-26/h9,12-15,19,24,28,32H,4-8,10-11,16H2,1-3H3/t24-,28+/m0/s1. The maximum absolute atomic E-state index is 12.5. The van der Waals surface area contributed by atoms with E-state index < -0.39 is 18.2 Å². The summed E-state index contributed by atoms with van der Waals surface area (Å²) in [5, 5.41) is 22.1. The van der Waals surface area contributed by atoms with E-state index in [0.29, 0.717) is 53.3 Å². The summed E-state index contributed by atoms with van der Waals surface area (Å²) in [5.74, 6) is 0.334. The van der Waals surface area contributed by atoms with E-state index in [4.69, 9.17) is 23.9 Å². The molecular weight excluding hydrogens is 504 g/mol. The van der Waals surface area contributed by atoms with Crippen molar-refractivity contribution in [3.05, 3.63) is 52.0 Å². The van der Waals surface area contributed by atoms with E-state index in [9.17, 15) is 15.2 Å². The molecule has 1 aromatic heterocycles. The monoisotopic (exact) mass is 538 g/mol. The van der Waals surface area contributed by atoms with Gasteiger partial charge in [0, 0.05) is 6.42 Å². The Morgan fingerprint density at radius 2 is 1.82 bits per heavy atom. The van der Waals surface area contributed by atoms with E-state index in [-0.39, 0.29) is 12.7 Å². The summed E-state index contributed by atoms with van der Waals surface area (Å²) in [6.07, 6.45) is 2.87. The van der Waals surface area contributed by atoms with Crippen LogP contribution < -0.4 is 9.47 Å². The number of ether oxygens (including phenoxy) is 4. The van der Waals surface area contributed by atoms with Crippen LogP contribution in [0.5, 0.6) is 11.5 Å². The number of benzene rings is 2. The van der Waals surface area contributed by atoms with Crippen LogP contribution in [-0.4, -0.2) is 48.1 Å². The largest absolute Gasteiger partial charge is 0.492 e. The normalized spacial score (nSPS) is 15.2. The Bertz CT molecular complexity index is 1270. The van der Waals surface area contributed by atoms with Crippen LogP contribution in [-0.2, 0) is 15.9 Å². The number of rotatable bonds is 12. The number of aliphatic hydroxyl groups excluding tert-OH is 1. The maximum atomic E-state index is 12.5. The number of aliphatic hydroxyl groups is 1. The van der Waals surface area contributed by atoms with E-state index in [1.165, 1.54) is 11.3 Å². The summed E-state index contributed by atoms with van der Waals surface area (Å²) in [6, 6.07) is 11.0. The Morgan fingerprint density at radius 3 is 2.42 bits per heavy atom. The van der Waals surface area contributed by atoms with Crippen molar-refractivity contribution >= 4 is 27.5 Å². The van der Waals surface area contributed by atoms with Crippen LogP contribution in [0.15, 0.2) is 30.3 Å². The van der Waals surface area contributed by atoms with Crippen LogP contribution in [0.25, 0.3) is 10.2 Å². The third kappa shape index (κ3) is 6.26. The second-order valence-electron chi connectivity index (χ2n) is 9.08. The van der Waals surface area contributed by atoms with Crippen molar-refractivity contribution in [2.24, 2.45) is 0 Å². The van der Waals surface area contributed by atoms with Crippen molar-refractivity contribution in [2.45, 2.75) is 71.2 Å². The Labute approximate surface area is 227 Å². The van der Waals surface area contributed by atoms with E-state index in [0.717, 1.165) is 35.4 Å². The van der Waals surface area contributed by atoms with Gasteiger partial charge in [-0.2, -0.15) is 5.26 Å². The van der Waals surface area contributed by atoms with Crippen LogP contribution in [0, 0.1) is 11.3 Å². The average molecular weight is 539 g/mol. The van der Waals surface area contributed by atoms with Gasteiger partial charge in [-0.05, 0) is 63.4 Å². The molecule has 0 unspecified atom stereocenters. The second kappa shape index (κ2) is 13.1. The SMILES string of the molecule is CCOC(=O)c1cccc2sc(C[C@H](OC3CCCC3)[C@H](O)c3cc(OCC)c(C#N)c(OCC)c3)nc12. The lowest BCUT2D eigenvalue weighted by atomic mass is 9.99. The molecule has 2 atom stereocenters. The van der Waals surface area contributed by atoms with E-state index in [2.05, 4.69) is 6.07 Å². The third-order valence-corrected chi connectivity index (χ3v) is 7.54. The quantitative estimate of drug-likeness (QED) is 0.290.